The van der Waals surface area contributed by atoms with E-state index in [0.29, 0.717) is 6.79 Å². The van der Waals surface area contributed by atoms with Crippen LogP contribution in [0.1, 0.15) is 17.5 Å². The maximum Gasteiger partial charge on any atom is 0.231 e. The number of fused-ring (bicyclic) bond motifs is 1. The van der Waals surface area contributed by atoms with E-state index < -0.39 is 0 Å². The highest BCUT2D eigenvalue weighted by Crippen LogP contribution is 2.34. The van der Waals surface area contributed by atoms with Crippen molar-refractivity contribution in [2.24, 2.45) is 5.92 Å². The molecule has 104 valence electrons. The molecule has 1 atom stereocenters. The van der Waals surface area contributed by atoms with E-state index in [0.717, 1.165) is 37.1 Å². The third kappa shape index (κ3) is 2.85. The summed E-state index contributed by atoms with van der Waals surface area (Å²) in [6, 6.07) is 4.21. The fraction of sp³-hybridized carbons (Fsp3) is 0.600. The molecule has 2 aliphatic rings. The lowest BCUT2D eigenvalue weighted by Gasteiger charge is -2.21. The summed E-state index contributed by atoms with van der Waals surface area (Å²) >= 11 is 0. The zero-order valence-corrected chi connectivity index (χ0v) is 11.7. The lowest BCUT2D eigenvalue weighted by molar-refractivity contribution is 0.174. The van der Waals surface area contributed by atoms with Gasteiger partial charge in [-0.15, -0.1) is 0 Å². The van der Waals surface area contributed by atoms with Gasteiger partial charge in [0.15, 0.2) is 11.5 Å². The second-order valence-corrected chi connectivity index (χ2v) is 5.69. The number of nitrogens with one attached hydrogen (secondary N) is 1. The first-order chi connectivity index (χ1) is 9.22. The maximum absolute atomic E-state index is 5.46. The minimum Gasteiger partial charge on any atom is -0.454 e. The lowest BCUT2D eigenvalue weighted by atomic mass is 10.1. The van der Waals surface area contributed by atoms with Crippen molar-refractivity contribution in [3.8, 4) is 11.5 Å². The molecular weight excluding hydrogens is 240 g/mol. The van der Waals surface area contributed by atoms with E-state index in [9.17, 15) is 0 Å². The Bertz CT molecular complexity index is 456. The van der Waals surface area contributed by atoms with E-state index in [2.05, 4.69) is 36.3 Å². The van der Waals surface area contributed by atoms with Gasteiger partial charge in [-0.05, 0) is 62.7 Å². The monoisotopic (exact) mass is 262 g/mol. The van der Waals surface area contributed by atoms with Gasteiger partial charge in [-0.1, -0.05) is 0 Å². The Balaban J connectivity index is 1.65. The predicted molar refractivity (Wildman–Crippen MR) is 74.6 cm³/mol. The van der Waals surface area contributed by atoms with Gasteiger partial charge in [0.05, 0.1) is 0 Å². The molecule has 1 aromatic rings. The van der Waals surface area contributed by atoms with Crippen LogP contribution in [0.5, 0.6) is 11.5 Å². The lowest BCUT2D eigenvalue weighted by Crippen LogP contribution is -2.26. The predicted octanol–water partition coefficient (Wildman–Crippen LogP) is 1.77. The van der Waals surface area contributed by atoms with Crippen molar-refractivity contribution in [1.82, 2.24) is 10.2 Å². The molecule has 1 aromatic carbocycles. The molecule has 2 heterocycles. The molecule has 0 saturated carbocycles. The summed E-state index contributed by atoms with van der Waals surface area (Å²) in [7, 11) is 2.20. The van der Waals surface area contributed by atoms with Crippen molar-refractivity contribution in [2.45, 2.75) is 19.9 Å². The van der Waals surface area contributed by atoms with E-state index in [4.69, 9.17) is 9.47 Å². The highest BCUT2D eigenvalue weighted by atomic mass is 16.7. The zero-order chi connectivity index (χ0) is 13.2. The summed E-state index contributed by atoms with van der Waals surface area (Å²) in [5.74, 6) is 2.56. The Morgan fingerprint density at radius 1 is 1.32 bits per heavy atom. The quantitative estimate of drug-likeness (QED) is 0.896. The molecule has 1 fully saturated rings. The molecule has 0 radical (unpaired) electrons. The summed E-state index contributed by atoms with van der Waals surface area (Å²) in [5.41, 5.74) is 2.61. The molecule has 1 unspecified atom stereocenters. The minimum absolute atomic E-state index is 0.349. The number of nitrogens with zero attached hydrogens (tertiary/aromatic N) is 1. The van der Waals surface area contributed by atoms with Crippen molar-refractivity contribution >= 4 is 0 Å². The molecule has 19 heavy (non-hydrogen) atoms. The topological polar surface area (TPSA) is 33.7 Å². The molecule has 0 aliphatic carbocycles. The van der Waals surface area contributed by atoms with Crippen molar-refractivity contribution in [3.63, 3.8) is 0 Å². The molecular formula is C15H22N2O2. The molecule has 1 saturated heterocycles. The highest BCUT2D eigenvalue weighted by molar-refractivity contribution is 5.48. The van der Waals surface area contributed by atoms with Crippen LogP contribution < -0.4 is 14.8 Å². The number of benzene rings is 1. The SMILES string of the molecule is Cc1cc2c(cc1CN(C)CC1CCNC1)OCO2. The largest absolute Gasteiger partial charge is 0.454 e. The van der Waals surface area contributed by atoms with E-state index in [1.807, 2.05) is 0 Å². The number of aryl methyl sites for hydroxylation is 1. The Labute approximate surface area is 114 Å². The van der Waals surface area contributed by atoms with Crippen LogP contribution in [0.4, 0.5) is 0 Å². The van der Waals surface area contributed by atoms with Gasteiger partial charge in [0.25, 0.3) is 0 Å². The van der Waals surface area contributed by atoms with E-state index in [-0.39, 0.29) is 0 Å². The molecule has 1 N–H and O–H groups in total. The average Bonchev–Trinajstić information content (AvgIpc) is 3.00. The maximum atomic E-state index is 5.46. The summed E-state index contributed by atoms with van der Waals surface area (Å²) in [6.07, 6.45) is 1.30. The number of hydrogen-bond acceptors (Lipinski definition) is 4. The first-order valence-electron chi connectivity index (χ1n) is 7.01. The molecule has 3 rings (SSSR count). The average molecular weight is 262 g/mol. The zero-order valence-electron chi connectivity index (χ0n) is 11.7. The first-order valence-corrected chi connectivity index (χ1v) is 7.01. The van der Waals surface area contributed by atoms with E-state index in [1.54, 1.807) is 0 Å². The molecule has 4 nitrogen and oxygen atoms in total. The third-order valence-electron chi connectivity index (χ3n) is 4.00. The van der Waals surface area contributed by atoms with E-state index in [1.165, 1.54) is 24.1 Å². The van der Waals surface area contributed by atoms with Crippen molar-refractivity contribution in [3.05, 3.63) is 23.3 Å². The van der Waals surface area contributed by atoms with Crippen molar-refractivity contribution in [2.75, 3.05) is 33.5 Å². The van der Waals surface area contributed by atoms with Gasteiger partial charge in [0.2, 0.25) is 6.79 Å². The van der Waals surface area contributed by atoms with Gasteiger partial charge < -0.3 is 19.7 Å². The normalized spacial score (nSPS) is 21.3. The number of ether oxygens (including phenoxy) is 2. The minimum atomic E-state index is 0.349. The van der Waals surface area contributed by atoms with Crippen LogP contribution in [-0.2, 0) is 6.54 Å². The number of rotatable bonds is 4. The highest BCUT2D eigenvalue weighted by Gasteiger charge is 2.19. The molecule has 2 aliphatic heterocycles. The van der Waals surface area contributed by atoms with Gasteiger partial charge in [-0.3, -0.25) is 0 Å². The van der Waals surface area contributed by atoms with Crippen LogP contribution in [0.2, 0.25) is 0 Å². The summed E-state index contributed by atoms with van der Waals surface area (Å²) in [5, 5.41) is 3.42. The van der Waals surface area contributed by atoms with Gasteiger partial charge in [-0.2, -0.15) is 0 Å². The van der Waals surface area contributed by atoms with Crippen LogP contribution in [0.15, 0.2) is 12.1 Å². The Hall–Kier alpha value is -1.26. The smallest absolute Gasteiger partial charge is 0.231 e. The van der Waals surface area contributed by atoms with Crippen LogP contribution in [-0.4, -0.2) is 38.4 Å². The summed E-state index contributed by atoms with van der Waals surface area (Å²) in [6.45, 7) is 6.94. The molecule has 0 aromatic heterocycles. The van der Waals surface area contributed by atoms with E-state index >= 15 is 0 Å². The van der Waals surface area contributed by atoms with Gasteiger partial charge in [0, 0.05) is 13.1 Å². The summed E-state index contributed by atoms with van der Waals surface area (Å²) in [4.78, 5) is 2.40. The van der Waals surface area contributed by atoms with Crippen molar-refractivity contribution in [1.29, 1.82) is 0 Å². The first kappa shape index (κ1) is 12.8. The Morgan fingerprint density at radius 2 is 2.11 bits per heavy atom. The van der Waals surface area contributed by atoms with Crippen LogP contribution >= 0.6 is 0 Å². The van der Waals surface area contributed by atoms with Crippen LogP contribution in [0.3, 0.4) is 0 Å². The fourth-order valence-electron chi connectivity index (χ4n) is 2.92. The Morgan fingerprint density at radius 3 is 2.84 bits per heavy atom. The van der Waals surface area contributed by atoms with Crippen molar-refractivity contribution < 1.29 is 9.47 Å². The molecule has 0 bridgehead atoms. The van der Waals surface area contributed by atoms with Crippen LogP contribution in [0, 0.1) is 12.8 Å². The molecule has 0 spiro atoms. The number of hydrogen-bond donors (Lipinski definition) is 1. The van der Waals surface area contributed by atoms with Gasteiger partial charge >= 0.3 is 0 Å². The van der Waals surface area contributed by atoms with Gasteiger partial charge in [-0.25, -0.2) is 0 Å². The van der Waals surface area contributed by atoms with Gasteiger partial charge in [0.1, 0.15) is 0 Å². The second-order valence-electron chi connectivity index (χ2n) is 5.69. The molecule has 4 heteroatoms. The fourth-order valence-corrected chi connectivity index (χ4v) is 2.92. The standard InChI is InChI=1S/C15H22N2O2/c1-11-5-14-15(19-10-18-14)6-13(11)9-17(2)8-12-3-4-16-7-12/h5-6,12,16H,3-4,7-10H2,1-2H3. The third-order valence-corrected chi connectivity index (χ3v) is 4.00. The molecule has 0 amide bonds. The second kappa shape index (κ2) is 5.39. The summed E-state index contributed by atoms with van der Waals surface area (Å²) < 4.78 is 10.9. The van der Waals surface area contributed by atoms with Crippen LogP contribution in [0.25, 0.3) is 0 Å². The Kier molecular flexibility index (Phi) is 3.62.